The second kappa shape index (κ2) is 44.5. The van der Waals surface area contributed by atoms with Gasteiger partial charge in [0.05, 0.1) is 58.6 Å². The minimum absolute atomic E-state index is 0.117. The number of fused-ring (bicyclic) bond motifs is 4. The highest BCUT2D eigenvalue weighted by molar-refractivity contribution is 5.97. The van der Waals surface area contributed by atoms with E-state index in [0.717, 1.165) is 44.5 Å². The van der Waals surface area contributed by atoms with Crippen LogP contribution in [0.2, 0.25) is 0 Å². The van der Waals surface area contributed by atoms with Crippen molar-refractivity contribution in [3.8, 4) is 45.0 Å². The highest BCUT2D eigenvalue weighted by Gasteiger charge is 2.45. The lowest BCUT2D eigenvalue weighted by Gasteiger charge is -2.47. The second-order valence-electron chi connectivity index (χ2n) is 44.4. The molecule has 148 heavy (non-hydrogen) atoms. The van der Waals surface area contributed by atoms with Crippen molar-refractivity contribution in [3.63, 3.8) is 0 Å². The molecule has 33 nitrogen and oxygen atoms in total. The van der Waals surface area contributed by atoms with Gasteiger partial charge in [0.25, 0.3) is 47.3 Å². The number of aromatic nitrogens is 13. The van der Waals surface area contributed by atoms with Crippen LogP contribution in [0, 0.1) is 46.4 Å². The van der Waals surface area contributed by atoms with Crippen LogP contribution < -0.4 is 0 Å². The molecule has 4 N–H and O–H groups in total. The molecule has 784 valence electrons. The number of aliphatic hydroxyl groups is 4. The van der Waals surface area contributed by atoms with Crippen molar-refractivity contribution in [1.29, 1.82) is 0 Å². The van der Waals surface area contributed by atoms with Crippen LogP contribution in [0.15, 0.2) is 171 Å². The van der Waals surface area contributed by atoms with Crippen molar-refractivity contribution in [2.24, 2.45) is 16.2 Å². The molecular weight excluding hydrogens is 1900 g/mol. The van der Waals surface area contributed by atoms with Crippen LogP contribution in [0.25, 0.3) is 67.6 Å². The van der Waals surface area contributed by atoms with Crippen LogP contribution in [0.3, 0.4) is 0 Å². The molecule has 4 aliphatic heterocycles. The number of carbonyl (C=O) groups excluding carboxylic acids is 8. The third-order valence-corrected chi connectivity index (χ3v) is 26.9. The topological polar surface area (TPSA) is 377 Å². The zero-order valence-corrected chi connectivity index (χ0v) is 88.1. The smallest absolute Gasteiger partial charge is 0.274 e. The Hall–Kier alpha value is -14.2. The van der Waals surface area contributed by atoms with Gasteiger partial charge in [0.2, 0.25) is 0 Å². The molecule has 1 unspecified atom stereocenters. The monoisotopic (exact) mass is 2030 g/mol. The average Bonchev–Trinajstić information content (AvgIpc) is 1.55. The number of imidazole rings is 4. The quantitative estimate of drug-likeness (QED) is 0.0546. The summed E-state index contributed by atoms with van der Waals surface area (Å²) in [5.74, 6) is -3.28. The summed E-state index contributed by atoms with van der Waals surface area (Å²) in [7, 11) is 0. The van der Waals surface area contributed by atoms with Gasteiger partial charge >= 0.3 is 0 Å². The maximum absolute atomic E-state index is 13.7. The Morgan fingerprint density at radius 3 is 1.05 bits per heavy atom. The molecule has 4 aliphatic rings. The molecule has 0 saturated carbocycles. The van der Waals surface area contributed by atoms with E-state index in [4.69, 9.17) is 0 Å². The summed E-state index contributed by atoms with van der Waals surface area (Å²) < 4.78 is 60.0. The summed E-state index contributed by atoms with van der Waals surface area (Å²) in [6, 6.07) is 34.9. The van der Waals surface area contributed by atoms with Crippen molar-refractivity contribution < 1.29 is 76.3 Å². The lowest BCUT2D eigenvalue weighted by molar-refractivity contribution is -0.146. The first kappa shape index (κ1) is 110. The number of nitrogens with zero attached hydrogens (tertiary/aromatic N) is 21. The summed E-state index contributed by atoms with van der Waals surface area (Å²) >= 11 is 0. The van der Waals surface area contributed by atoms with Gasteiger partial charge in [-0.15, -0.1) is 0 Å². The summed E-state index contributed by atoms with van der Waals surface area (Å²) in [6.07, 6.45) is 6.87. The Morgan fingerprint density at radius 1 is 0.399 bits per heavy atom. The standard InChI is InChI=1S/C29H38FN5O3.C28H29FN6O3.2C27H34FN5O3/c1-18(2)21-14-22(19-8-10-20(30)11-9-19)32-35-16-23(31-25(21)35)26(37)34-13-12-33(17-29(34,6)7)27(38)24(36)15-28(3,4)5;1-17(2)22-13-23(19-6-8-21(29)9-7-19)32-35-16-24(31-26(22)35)27(37)33-11-12-34(18(3)15-33)28(38)25(36)20-5-4-10-30-14-20;1-17-13-20(18-7-9-19(28)10-8-18)30-33-15-21(29-23(17)33)24(35)32-12-11-31(16-27(32,5)6)25(36)22(34)14-26(2,3)4;1-6-18-13-21(19-7-9-20(28)10-8-19)30-33-16-22(29-24(18)33)25(35)31-11-12-32(17(2)15-31)26(36)23(34)14-27(3,4)5/h8-11,14,16,18,24,36H,12-13,15,17H2,1-7H3;4-10,13-14,16-18,25,36H,11-12,15H2,1-3H3;7-10,13,15,22,34H,11-12,14,16H2,1-6H3;7-10,13,16-17,23,34H,6,11-12,14-15H2,1-5H3/t24-;18-,25?;22-;17-,23+/m1010/s1. The van der Waals surface area contributed by atoms with Crippen LogP contribution in [-0.2, 0) is 25.6 Å². The lowest BCUT2D eigenvalue weighted by atomic mass is 9.88. The number of amides is 8. The molecule has 8 amide bonds. The number of rotatable bonds is 19. The van der Waals surface area contributed by atoms with E-state index in [1.165, 1.54) is 54.7 Å². The van der Waals surface area contributed by atoms with E-state index in [1.54, 1.807) is 149 Å². The Labute approximate surface area is 859 Å². The number of halogens is 4. The Balaban J connectivity index is 0.000000156. The Bertz CT molecular complexity index is 7030. The molecule has 4 fully saturated rings. The van der Waals surface area contributed by atoms with Crippen LogP contribution in [-0.4, -0.2) is 290 Å². The first-order chi connectivity index (χ1) is 69.6. The fourth-order valence-electron chi connectivity index (χ4n) is 19.2. The maximum Gasteiger partial charge on any atom is 0.274 e. The van der Waals surface area contributed by atoms with Crippen molar-refractivity contribution in [1.82, 2.24) is 103 Å². The molecule has 6 atom stereocenters. The predicted octanol–water partition coefficient (Wildman–Crippen LogP) is 15.3. The number of hydrogen-bond donors (Lipinski definition) is 4. The first-order valence-electron chi connectivity index (χ1n) is 50.2. The minimum Gasteiger partial charge on any atom is -0.383 e. The van der Waals surface area contributed by atoms with Crippen molar-refractivity contribution in [2.75, 3.05) is 78.5 Å². The van der Waals surface area contributed by atoms with E-state index in [1.807, 2.05) is 170 Å². The predicted molar refractivity (Wildman–Crippen MR) is 553 cm³/mol. The number of pyridine rings is 1. The van der Waals surface area contributed by atoms with Gasteiger partial charge in [-0.05, 0) is 241 Å². The van der Waals surface area contributed by atoms with E-state index in [2.05, 4.69) is 45.3 Å². The van der Waals surface area contributed by atoms with Crippen molar-refractivity contribution >= 4 is 69.8 Å². The number of benzene rings is 4. The number of hydrogen-bond acceptors (Lipinski definition) is 21. The lowest BCUT2D eigenvalue weighted by Crippen LogP contribution is -2.63. The molecule has 0 bridgehead atoms. The van der Waals surface area contributed by atoms with Crippen LogP contribution in [0.1, 0.15) is 245 Å². The summed E-state index contributed by atoms with van der Waals surface area (Å²) in [5.41, 5.74) is 11.4. The summed E-state index contributed by atoms with van der Waals surface area (Å²) in [6.45, 7) is 45.3. The van der Waals surface area contributed by atoms with E-state index in [-0.39, 0.29) is 128 Å². The fourth-order valence-corrected chi connectivity index (χ4v) is 19.2. The van der Waals surface area contributed by atoms with Gasteiger partial charge in [-0.2, -0.15) is 20.4 Å². The largest absolute Gasteiger partial charge is 0.383 e. The number of aliphatic hydroxyl groups excluding tert-OH is 4. The molecule has 13 heterocycles. The molecule has 0 spiro atoms. The van der Waals surface area contributed by atoms with E-state index >= 15 is 0 Å². The highest BCUT2D eigenvalue weighted by atomic mass is 19.1. The maximum atomic E-state index is 13.7. The van der Waals surface area contributed by atoms with Gasteiger partial charge in [-0.3, -0.25) is 43.3 Å². The van der Waals surface area contributed by atoms with Gasteiger partial charge in [0.15, 0.2) is 28.7 Å². The normalized spacial score (nSPS) is 17.0. The van der Waals surface area contributed by atoms with E-state index < -0.39 is 41.4 Å². The van der Waals surface area contributed by atoms with Gasteiger partial charge in [0, 0.05) is 142 Å². The average molecular weight is 2030 g/mol. The van der Waals surface area contributed by atoms with E-state index in [9.17, 15) is 76.3 Å². The molecule has 13 aromatic rings. The molecule has 0 aliphatic carbocycles. The van der Waals surface area contributed by atoms with Crippen LogP contribution in [0.4, 0.5) is 17.6 Å². The molecular formula is C111H135F4N21O12. The van der Waals surface area contributed by atoms with Crippen molar-refractivity contribution in [3.05, 3.63) is 245 Å². The molecule has 9 aromatic heterocycles. The first-order valence-corrected chi connectivity index (χ1v) is 50.2. The molecule has 17 rings (SSSR count). The van der Waals surface area contributed by atoms with Crippen LogP contribution >= 0.6 is 0 Å². The number of aryl methyl sites for hydroxylation is 2. The number of piperazine rings is 4. The fraction of sp³-hybridized carbons (Fsp3) is 0.450. The molecule has 37 heteroatoms. The van der Waals surface area contributed by atoms with Gasteiger partial charge in [-0.1, -0.05) is 103 Å². The minimum atomic E-state index is -1.30. The Kier molecular flexibility index (Phi) is 32.9. The number of carbonyl (C=O) groups is 8. The molecule has 4 saturated heterocycles. The van der Waals surface area contributed by atoms with Gasteiger partial charge in [0.1, 0.15) is 64.4 Å². The Morgan fingerprint density at radius 2 is 0.716 bits per heavy atom. The third kappa shape index (κ3) is 25.6. The van der Waals surface area contributed by atoms with Gasteiger partial charge in [-0.25, -0.2) is 55.6 Å². The molecule has 0 radical (unpaired) electrons. The van der Waals surface area contributed by atoms with E-state index in [0.29, 0.717) is 155 Å². The van der Waals surface area contributed by atoms with Crippen molar-refractivity contribution in [2.45, 2.75) is 230 Å². The van der Waals surface area contributed by atoms with Crippen LogP contribution in [0.5, 0.6) is 0 Å². The summed E-state index contributed by atoms with van der Waals surface area (Å²) in [5, 5.41) is 60.4. The SMILES string of the molecule is CC(C)c1cc(-c2ccc(F)cc2)nn2cc(C(=O)N3CCN(C(=O)C(O)c4cccnc4)[C@@H](C)C3)nc12.CC(C)c1cc(-c2ccc(F)cc2)nn2cc(C(=O)N3CCN(C(=O)[C@H](O)CC(C)(C)C)CC3(C)C)nc12.CCc1cc(-c2ccc(F)cc2)nn2cc(C(=O)N3CCN(C(=O)[C@H](O)CC(C)(C)C)[C@@H](C)C3)nc12.Cc1cc(-c2ccc(F)cc2)nn2cc(C(=O)N3CCN(C(=O)[C@H](O)CC(C)(C)C)CC3(C)C)nc12. The zero-order chi connectivity index (χ0) is 108. The zero-order valence-electron chi connectivity index (χ0n) is 88.1. The highest BCUT2D eigenvalue weighted by Crippen LogP contribution is 2.36. The molecule has 4 aromatic carbocycles. The van der Waals surface area contributed by atoms with Gasteiger partial charge < -0.3 is 59.6 Å². The third-order valence-electron chi connectivity index (χ3n) is 26.9. The summed E-state index contributed by atoms with van der Waals surface area (Å²) in [4.78, 5) is 141. The second-order valence-corrected chi connectivity index (χ2v) is 44.4.